The van der Waals surface area contributed by atoms with Gasteiger partial charge in [-0.05, 0) is 12.3 Å². The van der Waals surface area contributed by atoms with Gasteiger partial charge in [-0.1, -0.05) is 13.8 Å². The average Bonchev–Trinajstić information content (AvgIpc) is 2.29. The van der Waals surface area contributed by atoms with E-state index < -0.39 is 0 Å². The molecule has 1 heterocycles. The van der Waals surface area contributed by atoms with E-state index in [9.17, 15) is 4.79 Å². The Morgan fingerprint density at radius 2 is 2.33 bits per heavy atom. The van der Waals surface area contributed by atoms with Crippen LogP contribution in [0.4, 0.5) is 0 Å². The van der Waals surface area contributed by atoms with Gasteiger partial charge < -0.3 is 10.4 Å². The van der Waals surface area contributed by atoms with Gasteiger partial charge in [0.2, 0.25) is 5.91 Å². The zero-order valence-corrected chi connectivity index (χ0v) is 7.71. The van der Waals surface area contributed by atoms with Crippen molar-refractivity contribution in [1.29, 1.82) is 0 Å². The van der Waals surface area contributed by atoms with E-state index in [1.54, 1.807) is 0 Å². The van der Waals surface area contributed by atoms with Crippen molar-refractivity contribution >= 4 is 5.91 Å². The lowest BCUT2D eigenvalue weighted by Crippen LogP contribution is -2.31. The standard InChI is InChI=1S/C9H17NO2/c1-6(2)3-8-7(5-11)4-9(12)10-8/h6-8,11H,3-5H2,1-2H3,(H,10,12)/t7-,8-/m1/s1. The Kier molecular flexibility index (Phi) is 3.09. The fraction of sp³-hybridized carbons (Fsp3) is 0.889. The van der Waals surface area contributed by atoms with E-state index in [1.165, 1.54) is 0 Å². The molecule has 1 aliphatic heterocycles. The predicted octanol–water partition coefficient (Wildman–Crippen LogP) is 0.529. The minimum Gasteiger partial charge on any atom is -0.396 e. The summed E-state index contributed by atoms with van der Waals surface area (Å²) >= 11 is 0. The summed E-state index contributed by atoms with van der Waals surface area (Å²) in [5.74, 6) is 0.794. The van der Waals surface area contributed by atoms with Gasteiger partial charge in [0.05, 0.1) is 0 Å². The second-order valence-corrected chi connectivity index (χ2v) is 3.95. The molecule has 0 spiro atoms. The van der Waals surface area contributed by atoms with E-state index >= 15 is 0 Å². The lowest BCUT2D eigenvalue weighted by molar-refractivity contribution is -0.119. The SMILES string of the molecule is CC(C)C[C@H]1NC(=O)C[C@@H]1CO. The number of hydrogen-bond donors (Lipinski definition) is 2. The maximum Gasteiger partial charge on any atom is 0.220 e. The van der Waals surface area contributed by atoms with Crippen molar-refractivity contribution in [2.45, 2.75) is 32.7 Å². The summed E-state index contributed by atoms with van der Waals surface area (Å²) < 4.78 is 0. The number of rotatable bonds is 3. The molecule has 0 aliphatic carbocycles. The van der Waals surface area contributed by atoms with Crippen LogP contribution >= 0.6 is 0 Å². The summed E-state index contributed by atoms with van der Waals surface area (Å²) in [6.45, 7) is 4.37. The zero-order chi connectivity index (χ0) is 9.14. The molecule has 2 atom stereocenters. The quantitative estimate of drug-likeness (QED) is 0.650. The summed E-state index contributed by atoms with van der Waals surface area (Å²) in [7, 11) is 0. The molecule has 0 bridgehead atoms. The van der Waals surface area contributed by atoms with Crippen LogP contribution in [0.25, 0.3) is 0 Å². The van der Waals surface area contributed by atoms with E-state index in [1.807, 2.05) is 0 Å². The molecule has 1 saturated heterocycles. The number of hydrogen-bond acceptors (Lipinski definition) is 2. The Balaban J connectivity index is 2.46. The second-order valence-electron chi connectivity index (χ2n) is 3.95. The summed E-state index contributed by atoms with van der Waals surface area (Å²) in [5.41, 5.74) is 0. The molecule has 12 heavy (non-hydrogen) atoms. The van der Waals surface area contributed by atoms with Crippen molar-refractivity contribution in [3.8, 4) is 0 Å². The third-order valence-corrected chi connectivity index (χ3v) is 2.32. The fourth-order valence-corrected chi connectivity index (χ4v) is 1.71. The predicted molar refractivity (Wildman–Crippen MR) is 46.6 cm³/mol. The molecular weight excluding hydrogens is 154 g/mol. The van der Waals surface area contributed by atoms with Gasteiger partial charge >= 0.3 is 0 Å². The molecule has 70 valence electrons. The molecule has 0 aromatic carbocycles. The number of aliphatic hydroxyl groups excluding tert-OH is 1. The molecule has 3 heteroatoms. The largest absolute Gasteiger partial charge is 0.396 e. The van der Waals surface area contributed by atoms with Gasteiger partial charge in [0.25, 0.3) is 0 Å². The van der Waals surface area contributed by atoms with E-state index in [4.69, 9.17) is 5.11 Å². The molecule has 0 radical (unpaired) electrons. The Morgan fingerprint density at radius 3 is 2.83 bits per heavy atom. The first kappa shape index (κ1) is 9.52. The topological polar surface area (TPSA) is 49.3 Å². The van der Waals surface area contributed by atoms with Crippen LogP contribution in [0.3, 0.4) is 0 Å². The Hall–Kier alpha value is -0.570. The summed E-state index contributed by atoms with van der Waals surface area (Å²) in [4.78, 5) is 11.0. The van der Waals surface area contributed by atoms with Crippen LogP contribution in [-0.2, 0) is 4.79 Å². The molecule has 0 aromatic rings. The van der Waals surface area contributed by atoms with Crippen molar-refractivity contribution in [1.82, 2.24) is 5.32 Å². The van der Waals surface area contributed by atoms with Crippen LogP contribution in [0.5, 0.6) is 0 Å². The number of carbonyl (C=O) groups is 1. The molecule has 1 rings (SSSR count). The van der Waals surface area contributed by atoms with E-state index in [-0.39, 0.29) is 24.5 Å². The lowest BCUT2D eigenvalue weighted by Gasteiger charge is -2.18. The third-order valence-electron chi connectivity index (χ3n) is 2.32. The smallest absolute Gasteiger partial charge is 0.220 e. The van der Waals surface area contributed by atoms with Crippen molar-refractivity contribution in [3.05, 3.63) is 0 Å². The zero-order valence-electron chi connectivity index (χ0n) is 7.71. The monoisotopic (exact) mass is 171 g/mol. The lowest BCUT2D eigenvalue weighted by atomic mass is 9.94. The molecule has 1 amide bonds. The first-order chi connectivity index (χ1) is 5.63. The first-order valence-corrected chi connectivity index (χ1v) is 4.53. The van der Waals surface area contributed by atoms with Gasteiger partial charge in [0.15, 0.2) is 0 Å². The highest BCUT2D eigenvalue weighted by Gasteiger charge is 2.31. The molecule has 2 N–H and O–H groups in total. The number of amides is 1. The number of carbonyl (C=O) groups excluding carboxylic acids is 1. The van der Waals surface area contributed by atoms with Crippen molar-refractivity contribution in [2.75, 3.05) is 6.61 Å². The minimum atomic E-state index is 0.0831. The van der Waals surface area contributed by atoms with Crippen LogP contribution in [0, 0.1) is 11.8 Å². The summed E-state index contributed by atoms with van der Waals surface area (Å²) in [6, 6.07) is 0.197. The minimum absolute atomic E-state index is 0.0831. The van der Waals surface area contributed by atoms with E-state index in [0.717, 1.165) is 6.42 Å². The van der Waals surface area contributed by atoms with Gasteiger partial charge in [-0.3, -0.25) is 4.79 Å². The maximum atomic E-state index is 11.0. The first-order valence-electron chi connectivity index (χ1n) is 4.53. The average molecular weight is 171 g/mol. The van der Waals surface area contributed by atoms with Gasteiger partial charge in [-0.15, -0.1) is 0 Å². The molecule has 3 nitrogen and oxygen atoms in total. The van der Waals surface area contributed by atoms with Gasteiger partial charge in [-0.2, -0.15) is 0 Å². The Morgan fingerprint density at radius 1 is 1.67 bits per heavy atom. The van der Waals surface area contributed by atoms with Crippen LogP contribution < -0.4 is 5.32 Å². The van der Waals surface area contributed by atoms with Crippen LogP contribution in [-0.4, -0.2) is 23.7 Å². The van der Waals surface area contributed by atoms with Gasteiger partial charge in [0, 0.05) is 25.0 Å². The molecule has 1 aliphatic rings. The van der Waals surface area contributed by atoms with Crippen molar-refractivity contribution < 1.29 is 9.90 Å². The van der Waals surface area contributed by atoms with Gasteiger partial charge in [0.1, 0.15) is 0 Å². The Labute approximate surface area is 73.2 Å². The number of nitrogens with one attached hydrogen (secondary N) is 1. The summed E-state index contributed by atoms with van der Waals surface area (Å²) in [6.07, 6.45) is 1.46. The maximum absolute atomic E-state index is 11.0. The van der Waals surface area contributed by atoms with Crippen molar-refractivity contribution in [2.24, 2.45) is 11.8 Å². The third kappa shape index (κ3) is 2.21. The van der Waals surface area contributed by atoms with Gasteiger partial charge in [-0.25, -0.2) is 0 Å². The second kappa shape index (κ2) is 3.90. The highest BCUT2D eigenvalue weighted by atomic mass is 16.3. The van der Waals surface area contributed by atoms with Crippen molar-refractivity contribution in [3.63, 3.8) is 0 Å². The molecule has 0 saturated carbocycles. The van der Waals surface area contributed by atoms with Crippen LogP contribution in [0.2, 0.25) is 0 Å². The highest BCUT2D eigenvalue weighted by Crippen LogP contribution is 2.21. The molecule has 0 aromatic heterocycles. The summed E-state index contributed by atoms with van der Waals surface area (Å²) in [5, 5.41) is 11.9. The fourth-order valence-electron chi connectivity index (χ4n) is 1.71. The molecule has 0 unspecified atom stereocenters. The number of aliphatic hydroxyl groups is 1. The van der Waals surface area contributed by atoms with Crippen LogP contribution in [0.1, 0.15) is 26.7 Å². The Bertz CT molecular complexity index is 168. The molecular formula is C9H17NO2. The highest BCUT2D eigenvalue weighted by molar-refractivity contribution is 5.79. The van der Waals surface area contributed by atoms with E-state index in [2.05, 4.69) is 19.2 Å². The normalized spacial score (nSPS) is 29.5. The van der Waals surface area contributed by atoms with E-state index in [0.29, 0.717) is 12.3 Å². The van der Waals surface area contributed by atoms with Crippen LogP contribution in [0.15, 0.2) is 0 Å². The molecule has 1 fully saturated rings.